The average Bonchev–Trinajstić information content (AvgIpc) is 3.01. The van der Waals surface area contributed by atoms with Crippen LogP contribution in [0.2, 0.25) is 0 Å². The number of nitrogens with zero attached hydrogens (tertiary/aromatic N) is 1. The van der Waals surface area contributed by atoms with Gasteiger partial charge in [0.1, 0.15) is 24.6 Å². The minimum atomic E-state index is -0.603. The van der Waals surface area contributed by atoms with Crippen molar-refractivity contribution in [1.82, 2.24) is 4.98 Å². The van der Waals surface area contributed by atoms with E-state index in [0.29, 0.717) is 49.1 Å². The second-order valence-electron chi connectivity index (χ2n) is 13.6. The molecular weight excluding hydrogens is 616 g/mol. The highest BCUT2D eigenvalue weighted by Crippen LogP contribution is 2.39. The number of methoxy groups -OCH3 is 1. The predicted octanol–water partition coefficient (Wildman–Crippen LogP) is 5.46. The van der Waals surface area contributed by atoms with Gasteiger partial charge >= 0.3 is 11.9 Å². The van der Waals surface area contributed by atoms with Crippen LogP contribution in [-0.2, 0) is 30.2 Å². The number of anilines is 1. The molecule has 1 aromatic heterocycles. The number of pyridine rings is 1. The van der Waals surface area contributed by atoms with Gasteiger partial charge in [-0.3, -0.25) is 9.59 Å². The Morgan fingerprint density at radius 2 is 1.81 bits per heavy atom. The van der Waals surface area contributed by atoms with Crippen LogP contribution < -0.4 is 10.5 Å². The van der Waals surface area contributed by atoms with Crippen molar-refractivity contribution in [1.29, 1.82) is 0 Å². The molecule has 0 spiro atoms. The van der Waals surface area contributed by atoms with E-state index in [4.69, 9.17) is 24.7 Å². The van der Waals surface area contributed by atoms with Crippen molar-refractivity contribution >= 4 is 17.8 Å². The van der Waals surface area contributed by atoms with Crippen molar-refractivity contribution in [2.45, 2.75) is 104 Å². The Morgan fingerprint density at radius 3 is 2.46 bits per heavy atom. The highest BCUT2D eigenvalue weighted by atomic mass is 16.6. The number of nitrogens with two attached hydrogens (primary N) is 1. The van der Waals surface area contributed by atoms with Crippen LogP contribution in [0.15, 0.2) is 30.5 Å². The van der Waals surface area contributed by atoms with E-state index in [1.165, 1.54) is 13.8 Å². The number of carbonyl (C=O) groups is 2. The van der Waals surface area contributed by atoms with Crippen LogP contribution in [0.3, 0.4) is 0 Å². The van der Waals surface area contributed by atoms with Crippen molar-refractivity contribution in [3.05, 3.63) is 36.0 Å². The number of phenols is 1. The van der Waals surface area contributed by atoms with Crippen molar-refractivity contribution in [2.75, 3.05) is 32.7 Å². The Bertz CT molecular complexity index is 1300. The van der Waals surface area contributed by atoms with Gasteiger partial charge in [0.25, 0.3) is 0 Å². The number of aromatic hydroxyl groups is 1. The molecule has 0 amide bonds. The lowest BCUT2D eigenvalue weighted by Gasteiger charge is -2.38. The molecule has 1 heterocycles. The van der Waals surface area contributed by atoms with Gasteiger partial charge in [0.05, 0.1) is 12.7 Å². The first-order valence-electron chi connectivity index (χ1n) is 17.2. The normalized spacial score (nSPS) is 21.2. The number of aromatic nitrogens is 1. The molecule has 1 aliphatic carbocycles. The second kappa shape index (κ2) is 19.6. The molecule has 1 saturated carbocycles. The molecule has 0 unspecified atom stereocenters. The number of esters is 2. The zero-order valence-corrected chi connectivity index (χ0v) is 29.2. The lowest BCUT2D eigenvalue weighted by Crippen LogP contribution is -2.38. The van der Waals surface area contributed by atoms with Crippen LogP contribution in [-0.4, -0.2) is 77.5 Å². The summed E-state index contributed by atoms with van der Waals surface area (Å²) in [5.41, 5.74) is 8.22. The zero-order chi connectivity index (χ0) is 35.2. The molecule has 48 heavy (non-hydrogen) atoms. The number of aliphatic hydroxyl groups is 2. The van der Waals surface area contributed by atoms with Crippen LogP contribution in [0.5, 0.6) is 11.5 Å². The Balaban J connectivity index is 1.93. The topological polar surface area (TPSA) is 171 Å². The molecule has 6 atom stereocenters. The van der Waals surface area contributed by atoms with Crippen LogP contribution in [0, 0.1) is 23.7 Å². The molecule has 1 aliphatic rings. The smallest absolute Gasteiger partial charge is 0.302 e. The first kappa shape index (κ1) is 39.0. The molecule has 0 radical (unpaired) electrons. The van der Waals surface area contributed by atoms with E-state index in [1.54, 1.807) is 37.6 Å². The Kier molecular flexibility index (Phi) is 15.9. The maximum atomic E-state index is 12.5. The van der Waals surface area contributed by atoms with E-state index in [2.05, 4.69) is 18.8 Å². The minimum absolute atomic E-state index is 0.00601. The van der Waals surface area contributed by atoms with E-state index in [0.717, 1.165) is 43.2 Å². The maximum Gasteiger partial charge on any atom is 0.302 e. The van der Waals surface area contributed by atoms with Gasteiger partial charge < -0.3 is 40.0 Å². The number of phenolic OH excluding ortho intramolecular Hbond substituents is 1. The number of ether oxygens (including phenoxy) is 4. The summed E-state index contributed by atoms with van der Waals surface area (Å²) in [5.74, 6) is 0.443. The third-order valence-corrected chi connectivity index (χ3v) is 9.20. The summed E-state index contributed by atoms with van der Waals surface area (Å²) in [6.45, 7) is 7.53. The molecule has 11 nitrogen and oxygen atoms in total. The fraction of sp³-hybridized carbons (Fsp3) is 0.649. The molecule has 1 aromatic carbocycles. The number of hydrogen-bond donors (Lipinski definition) is 4. The number of carbonyl (C=O) groups excluding carboxylic acids is 2. The SMILES string of the molecule is COCC[C@H]1CC[C@@H](CC(C)C)C[C@H]([C@@H](C[C@@H](CCc2cc(OCCO)c(O)cc2-c2ccnc(N)c2)OC(C)=O)OC(C)=O)C[C@H]1O. The Labute approximate surface area is 285 Å². The third-order valence-electron chi connectivity index (χ3n) is 9.20. The van der Waals surface area contributed by atoms with Gasteiger partial charge in [-0.05, 0) is 110 Å². The molecule has 11 heteroatoms. The fourth-order valence-corrected chi connectivity index (χ4v) is 7.14. The molecular formula is C37H56N2O9. The number of aryl methyl sites for hydroxylation is 1. The summed E-state index contributed by atoms with van der Waals surface area (Å²) in [6.07, 6.45) is 5.89. The lowest BCUT2D eigenvalue weighted by atomic mass is 9.73. The van der Waals surface area contributed by atoms with Gasteiger partial charge in [0.2, 0.25) is 0 Å². The lowest BCUT2D eigenvalue weighted by molar-refractivity contribution is -0.157. The summed E-state index contributed by atoms with van der Waals surface area (Å²) in [4.78, 5) is 28.9. The van der Waals surface area contributed by atoms with E-state index in [1.807, 2.05) is 0 Å². The number of nitrogen functional groups attached to an aromatic ring is 1. The molecule has 0 aliphatic heterocycles. The van der Waals surface area contributed by atoms with Crippen molar-refractivity contribution in [3.63, 3.8) is 0 Å². The van der Waals surface area contributed by atoms with E-state index in [-0.39, 0.29) is 43.0 Å². The van der Waals surface area contributed by atoms with Gasteiger partial charge in [0.15, 0.2) is 11.5 Å². The van der Waals surface area contributed by atoms with Crippen LogP contribution >= 0.6 is 0 Å². The van der Waals surface area contributed by atoms with Crippen molar-refractivity contribution < 1.29 is 43.9 Å². The summed E-state index contributed by atoms with van der Waals surface area (Å²) >= 11 is 0. The predicted molar refractivity (Wildman–Crippen MR) is 183 cm³/mol. The van der Waals surface area contributed by atoms with Crippen LogP contribution in [0.1, 0.15) is 84.6 Å². The highest BCUT2D eigenvalue weighted by molar-refractivity contribution is 5.72. The average molecular weight is 673 g/mol. The summed E-state index contributed by atoms with van der Waals surface area (Å²) in [6, 6.07) is 6.80. The van der Waals surface area contributed by atoms with Crippen molar-refractivity contribution in [2.24, 2.45) is 23.7 Å². The fourth-order valence-electron chi connectivity index (χ4n) is 7.14. The summed E-state index contributed by atoms with van der Waals surface area (Å²) < 4.78 is 22.8. The molecule has 0 saturated heterocycles. The summed E-state index contributed by atoms with van der Waals surface area (Å²) in [5, 5.41) is 31.4. The number of rotatable bonds is 17. The Morgan fingerprint density at radius 1 is 1.06 bits per heavy atom. The number of hydrogen-bond acceptors (Lipinski definition) is 11. The molecule has 3 rings (SSSR count). The largest absolute Gasteiger partial charge is 0.504 e. The third kappa shape index (κ3) is 12.6. The van der Waals surface area contributed by atoms with E-state index in [9.17, 15) is 24.9 Å². The second-order valence-corrected chi connectivity index (χ2v) is 13.6. The van der Waals surface area contributed by atoms with Gasteiger partial charge in [0, 0.05) is 40.2 Å². The standard InChI is InChI=1S/C37H56N2O9/c1-23(2)16-26-6-7-27(11-14-45-5)33(43)18-30(17-26)35(48-25(4)42)21-31(47-24(3)41)9-8-28-19-36(46-15-13-40)34(44)22-32(28)29-10-12-39-37(38)20-29/h10,12,19-20,22-23,26-27,30-31,33,35,40,43-44H,6-9,11,13-18,21H2,1-5H3,(H2,38,39)/t26-,27+,30-,31+,33+,35+/m0/s1. The molecule has 5 N–H and O–H groups in total. The molecule has 2 aromatic rings. The maximum absolute atomic E-state index is 12.5. The quantitative estimate of drug-likeness (QED) is 0.157. The minimum Gasteiger partial charge on any atom is -0.504 e. The van der Waals surface area contributed by atoms with Crippen LogP contribution in [0.4, 0.5) is 5.82 Å². The molecule has 1 fully saturated rings. The first-order valence-corrected chi connectivity index (χ1v) is 17.2. The van der Waals surface area contributed by atoms with Gasteiger partial charge in [-0.15, -0.1) is 0 Å². The molecule has 0 bridgehead atoms. The Hall–Kier alpha value is -3.41. The number of aliphatic hydroxyl groups excluding tert-OH is 2. The first-order chi connectivity index (χ1) is 22.9. The van der Waals surface area contributed by atoms with E-state index >= 15 is 0 Å². The van der Waals surface area contributed by atoms with Gasteiger partial charge in [-0.1, -0.05) is 20.3 Å². The van der Waals surface area contributed by atoms with E-state index < -0.39 is 30.3 Å². The number of benzene rings is 1. The van der Waals surface area contributed by atoms with Crippen molar-refractivity contribution in [3.8, 4) is 22.6 Å². The summed E-state index contributed by atoms with van der Waals surface area (Å²) in [7, 11) is 1.67. The highest BCUT2D eigenvalue weighted by Gasteiger charge is 2.36. The molecule has 268 valence electrons. The zero-order valence-electron chi connectivity index (χ0n) is 29.2. The van der Waals surface area contributed by atoms with Crippen LogP contribution in [0.25, 0.3) is 11.1 Å². The monoisotopic (exact) mass is 672 g/mol. The van der Waals surface area contributed by atoms with Gasteiger partial charge in [-0.2, -0.15) is 0 Å². The van der Waals surface area contributed by atoms with Gasteiger partial charge in [-0.25, -0.2) is 4.98 Å².